The Hall–Kier alpha value is -2.31. The second-order valence-corrected chi connectivity index (χ2v) is 7.88. The van der Waals surface area contributed by atoms with Crippen LogP contribution in [0, 0.1) is 11.3 Å². The molecule has 1 fully saturated rings. The number of benzene rings is 1. The van der Waals surface area contributed by atoms with Gasteiger partial charge >= 0.3 is 18.1 Å². The molecule has 1 atom stereocenters. The number of carbonyl (C=O) groups excluding carboxylic acids is 2. The summed E-state index contributed by atoms with van der Waals surface area (Å²) in [7, 11) is 2.47. The number of hydrogen-bond acceptors (Lipinski definition) is 4. The third-order valence-corrected chi connectivity index (χ3v) is 5.87. The van der Waals surface area contributed by atoms with Crippen molar-refractivity contribution in [2.45, 2.75) is 58.5 Å². The summed E-state index contributed by atoms with van der Waals surface area (Å²) in [4.78, 5) is 25.1. The molecule has 0 aliphatic heterocycles. The van der Waals surface area contributed by atoms with Gasteiger partial charge in [-0.3, -0.25) is 9.59 Å². The van der Waals surface area contributed by atoms with Crippen molar-refractivity contribution in [1.82, 2.24) is 0 Å². The SMILES string of the molecule is CCCCC/C(=C1/CC(C(=O)OC)(C(=O)OC)CC1C)c1ccc(C(F)(F)F)cc1. The molecule has 30 heavy (non-hydrogen) atoms. The van der Waals surface area contributed by atoms with Crippen molar-refractivity contribution in [3.8, 4) is 0 Å². The predicted molar refractivity (Wildman–Crippen MR) is 107 cm³/mol. The maximum atomic E-state index is 13.0. The molecule has 7 heteroatoms. The first-order valence-corrected chi connectivity index (χ1v) is 10.2. The Kier molecular flexibility index (Phi) is 7.72. The van der Waals surface area contributed by atoms with Crippen LogP contribution in [0.4, 0.5) is 13.2 Å². The van der Waals surface area contributed by atoms with Crippen molar-refractivity contribution >= 4 is 17.5 Å². The van der Waals surface area contributed by atoms with E-state index >= 15 is 0 Å². The van der Waals surface area contributed by atoms with Crippen LogP contribution in [0.25, 0.3) is 5.57 Å². The van der Waals surface area contributed by atoms with Crippen molar-refractivity contribution in [1.29, 1.82) is 0 Å². The van der Waals surface area contributed by atoms with Crippen molar-refractivity contribution in [2.75, 3.05) is 14.2 Å². The number of halogens is 3. The lowest BCUT2D eigenvalue weighted by Crippen LogP contribution is -2.39. The number of methoxy groups -OCH3 is 2. The molecule has 166 valence electrons. The largest absolute Gasteiger partial charge is 0.468 e. The second-order valence-electron chi connectivity index (χ2n) is 7.88. The number of rotatable bonds is 7. The monoisotopic (exact) mass is 426 g/mol. The number of allylic oxidation sites excluding steroid dienone is 2. The van der Waals surface area contributed by atoms with Gasteiger partial charge in [0.1, 0.15) is 0 Å². The van der Waals surface area contributed by atoms with E-state index < -0.39 is 29.1 Å². The van der Waals surface area contributed by atoms with Crippen molar-refractivity contribution in [3.63, 3.8) is 0 Å². The first kappa shape index (κ1) is 24.0. The average Bonchev–Trinajstić information content (AvgIpc) is 3.07. The van der Waals surface area contributed by atoms with Crippen LogP contribution in [0.5, 0.6) is 0 Å². The Bertz CT molecular complexity index is 778. The third-order valence-electron chi connectivity index (χ3n) is 5.87. The minimum Gasteiger partial charge on any atom is -0.468 e. The highest BCUT2D eigenvalue weighted by Crippen LogP contribution is 2.50. The Morgan fingerprint density at radius 1 is 1.07 bits per heavy atom. The number of unbranched alkanes of at least 4 members (excludes halogenated alkanes) is 2. The fourth-order valence-electron chi connectivity index (χ4n) is 4.31. The minimum absolute atomic E-state index is 0.109. The molecule has 1 aromatic carbocycles. The maximum absolute atomic E-state index is 13.0. The molecule has 0 N–H and O–H groups in total. The summed E-state index contributed by atoms with van der Waals surface area (Å²) in [5.41, 5.74) is 0.370. The smallest absolute Gasteiger partial charge is 0.416 e. The summed E-state index contributed by atoms with van der Waals surface area (Å²) < 4.78 is 48.7. The Morgan fingerprint density at radius 3 is 2.10 bits per heavy atom. The van der Waals surface area contributed by atoms with E-state index in [1.807, 2.05) is 6.92 Å². The highest BCUT2D eigenvalue weighted by molar-refractivity contribution is 6.01. The van der Waals surface area contributed by atoms with Crippen LogP contribution in [-0.4, -0.2) is 26.2 Å². The molecule has 0 spiro atoms. The van der Waals surface area contributed by atoms with E-state index in [9.17, 15) is 22.8 Å². The molecule has 1 aromatic rings. The predicted octanol–water partition coefficient (Wildman–Crippen LogP) is 5.80. The molecular weight excluding hydrogens is 397 g/mol. The highest BCUT2D eigenvalue weighted by atomic mass is 19.4. The van der Waals surface area contributed by atoms with Crippen LogP contribution in [0.1, 0.15) is 63.5 Å². The maximum Gasteiger partial charge on any atom is 0.416 e. The fraction of sp³-hybridized carbons (Fsp3) is 0.565. The molecule has 0 heterocycles. The van der Waals surface area contributed by atoms with E-state index in [4.69, 9.17) is 9.47 Å². The zero-order valence-corrected chi connectivity index (χ0v) is 17.9. The first-order chi connectivity index (χ1) is 14.1. The quantitative estimate of drug-likeness (QED) is 0.314. The molecule has 4 nitrogen and oxygen atoms in total. The fourth-order valence-corrected chi connectivity index (χ4v) is 4.31. The molecule has 0 saturated heterocycles. The minimum atomic E-state index is -4.40. The van der Waals surface area contributed by atoms with Gasteiger partial charge < -0.3 is 9.47 Å². The van der Waals surface area contributed by atoms with Crippen LogP contribution >= 0.6 is 0 Å². The van der Waals surface area contributed by atoms with E-state index in [0.29, 0.717) is 12.0 Å². The molecule has 0 amide bonds. The summed E-state index contributed by atoms with van der Waals surface area (Å²) in [6.45, 7) is 4.00. The second kappa shape index (κ2) is 9.67. The average molecular weight is 426 g/mol. The summed E-state index contributed by atoms with van der Waals surface area (Å²) in [5, 5.41) is 0. The van der Waals surface area contributed by atoms with Gasteiger partial charge in [-0.1, -0.05) is 44.4 Å². The van der Waals surface area contributed by atoms with Gasteiger partial charge in [0.2, 0.25) is 0 Å². The van der Waals surface area contributed by atoms with Gasteiger partial charge in [-0.2, -0.15) is 13.2 Å². The van der Waals surface area contributed by atoms with E-state index in [2.05, 4.69) is 6.92 Å². The number of alkyl halides is 3. The molecule has 1 aliphatic rings. The highest BCUT2D eigenvalue weighted by Gasteiger charge is 2.55. The summed E-state index contributed by atoms with van der Waals surface area (Å²) in [6, 6.07) is 5.09. The normalized spacial score (nSPS) is 20.0. The zero-order valence-electron chi connectivity index (χ0n) is 17.9. The summed E-state index contributed by atoms with van der Waals surface area (Å²) in [5.74, 6) is -1.39. The number of carbonyl (C=O) groups is 2. The van der Waals surface area contributed by atoms with Crippen LogP contribution in [0.2, 0.25) is 0 Å². The van der Waals surface area contributed by atoms with E-state index in [1.54, 1.807) is 0 Å². The number of esters is 2. The van der Waals surface area contributed by atoms with Crippen LogP contribution in [-0.2, 0) is 25.2 Å². The molecule has 1 aliphatic carbocycles. The van der Waals surface area contributed by atoms with Crippen molar-refractivity contribution in [2.24, 2.45) is 11.3 Å². The Balaban J connectivity index is 2.53. The molecule has 0 bridgehead atoms. The van der Waals surface area contributed by atoms with Gasteiger partial charge in [0.05, 0.1) is 19.8 Å². The van der Waals surface area contributed by atoms with Gasteiger partial charge in [0.15, 0.2) is 5.41 Å². The van der Waals surface area contributed by atoms with Crippen LogP contribution < -0.4 is 0 Å². The molecule has 2 rings (SSSR count). The van der Waals surface area contributed by atoms with Gasteiger partial charge in [-0.15, -0.1) is 0 Å². The van der Waals surface area contributed by atoms with Crippen molar-refractivity contribution in [3.05, 3.63) is 41.0 Å². The molecule has 1 saturated carbocycles. The third kappa shape index (κ3) is 4.87. The van der Waals surface area contributed by atoms with Crippen LogP contribution in [0.3, 0.4) is 0 Å². The Labute approximate surface area is 175 Å². The number of ether oxygens (including phenoxy) is 2. The first-order valence-electron chi connectivity index (χ1n) is 10.2. The number of hydrogen-bond donors (Lipinski definition) is 0. The Morgan fingerprint density at radius 2 is 1.63 bits per heavy atom. The summed E-state index contributed by atoms with van der Waals surface area (Å²) in [6.07, 6.45) is -0.497. The zero-order chi connectivity index (χ0) is 22.5. The lowest BCUT2D eigenvalue weighted by molar-refractivity contribution is -0.168. The van der Waals surface area contributed by atoms with Gasteiger partial charge in [0.25, 0.3) is 0 Å². The van der Waals surface area contributed by atoms with Crippen molar-refractivity contribution < 1.29 is 32.2 Å². The van der Waals surface area contributed by atoms with Gasteiger partial charge in [0, 0.05) is 0 Å². The van der Waals surface area contributed by atoms with Gasteiger partial charge in [-0.05, 0) is 54.9 Å². The van der Waals surface area contributed by atoms with Crippen LogP contribution in [0.15, 0.2) is 29.8 Å². The molecule has 0 aromatic heterocycles. The van der Waals surface area contributed by atoms with E-state index in [-0.39, 0.29) is 18.8 Å². The molecule has 0 radical (unpaired) electrons. The topological polar surface area (TPSA) is 52.6 Å². The van der Waals surface area contributed by atoms with Gasteiger partial charge in [-0.25, -0.2) is 0 Å². The molecule has 1 unspecified atom stereocenters. The van der Waals surface area contributed by atoms with E-state index in [1.165, 1.54) is 26.4 Å². The standard InChI is InChI=1S/C23H29F3O4/c1-5-6-7-8-18(16-9-11-17(12-10-16)23(24,25)26)19-14-22(13-15(19)2,20(27)29-3)21(28)30-4/h9-12,15H,5-8,13-14H2,1-4H3/b19-18+. The lowest BCUT2D eigenvalue weighted by atomic mass is 9.84. The van der Waals surface area contributed by atoms with E-state index in [0.717, 1.165) is 42.5 Å². The molecular formula is C23H29F3O4. The summed E-state index contributed by atoms with van der Waals surface area (Å²) >= 11 is 0. The lowest BCUT2D eigenvalue weighted by Gasteiger charge is -2.22.